The van der Waals surface area contributed by atoms with E-state index < -0.39 is 15.8 Å². The molecule has 0 radical (unpaired) electrons. The van der Waals surface area contributed by atoms with E-state index in [0.29, 0.717) is 12.4 Å². The van der Waals surface area contributed by atoms with Crippen LogP contribution in [0.1, 0.15) is 19.2 Å². The van der Waals surface area contributed by atoms with Crippen LogP contribution >= 0.6 is 0 Å². The molecule has 3 rings (SSSR count). The molecule has 0 unspecified atom stereocenters. The molecular weight excluding hydrogens is 331 g/mol. The Morgan fingerprint density at radius 1 is 1.21 bits per heavy atom. The number of rotatable bonds is 6. The molecule has 8 heteroatoms. The topological polar surface area (TPSA) is 76.9 Å². The van der Waals surface area contributed by atoms with E-state index in [1.807, 2.05) is 17.6 Å². The first-order chi connectivity index (χ1) is 11.5. The van der Waals surface area contributed by atoms with E-state index in [4.69, 9.17) is 0 Å². The highest BCUT2D eigenvalue weighted by Crippen LogP contribution is 2.15. The predicted octanol–water partition coefficient (Wildman–Crippen LogP) is 2.46. The van der Waals surface area contributed by atoms with Gasteiger partial charge in [0.15, 0.2) is 5.65 Å². The lowest BCUT2D eigenvalue weighted by Gasteiger charge is -2.09. The molecule has 0 fully saturated rings. The zero-order valence-corrected chi connectivity index (χ0v) is 13.9. The number of fused-ring (bicyclic) bond motifs is 1. The molecule has 3 aromatic rings. The van der Waals surface area contributed by atoms with Crippen molar-refractivity contribution >= 4 is 21.2 Å². The molecule has 0 aliphatic carbocycles. The highest BCUT2D eigenvalue weighted by Gasteiger charge is 2.17. The van der Waals surface area contributed by atoms with E-state index in [1.54, 1.807) is 12.3 Å². The van der Waals surface area contributed by atoms with Gasteiger partial charge in [0.1, 0.15) is 17.2 Å². The minimum Gasteiger partial charge on any atom is -0.312 e. The van der Waals surface area contributed by atoms with Gasteiger partial charge in [0.25, 0.3) is 0 Å². The molecular formula is C16H17FN4O2S. The number of aromatic nitrogens is 3. The summed E-state index contributed by atoms with van der Waals surface area (Å²) in [6, 6.07) is 8.32. The van der Waals surface area contributed by atoms with Crippen molar-refractivity contribution in [1.29, 1.82) is 0 Å². The van der Waals surface area contributed by atoms with Crippen LogP contribution in [0.25, 0.3) is 11.2 Å². The van der Waals surface area contributed by atoms with Crippen molar-refractivity contribution < 1.29 is 12.8 Å². The predicted molar refractivity (Wildman–Crippen MR) is 88.2 cm³/mol. The monoisotopic (exact) mass is 348 g/mol. The van der Waals surface area contributed by atoms with Crippen LogP contribution in [0.4, 0.5) is 4.39 Å². The molecule has 1 N–H and O–H groups in total. The molecule has 0 aliphatic heterocycles. The Morgan fingerprint density at radius 2 is 1.96 bits per heavy atom. The zero-order valence-electron chi connectivity index (χ0n) is 13.1. The van der Waals surface area contributed by atoms with Crippen LogP contribution in [0.15, 0.2) is 47.5 Å². The molecule has 0 aliphatic rings. The number of benzene rings is 1. The maximum absolute atomic E-state index is 12.9. The summed E-state index contributed by atoms with van der Waals surface area (Å²) in [6.45, 7) is 2.76. The van der Waals surface area contributed by atoms with E-state index in [1.165, 1.54) is 12.1 Å². The number of nitrogens with zero attached hydrogens (tertiary/aromatic N) is 3. The Hall–Kier alpha value is -2.32. The highest BCUT2D eigenvalue weighted by atomic mass is 32.2. The van der Waals surface area contributed by atoms with Crippen molar-refractivity contribution in [2.45, 2.75) is 31.3 Å². The number of imidazole rings is 1. The SMILES string of the molecule is CCCn1c(CNS(=O)(=O)c2ccc(F)cc2)nc2cccnc21. The number of nitrogens with one attached hydrogen (secondary N) is 1. The fourth-order valence-electron chi connectivity index (χ4n) is 2.46. The molecule has 6 nitrogen and oxygen atoms in total. The number of hydrogen-bond acceptors (Lipinski definition) is 4. The van der Waals surface area contributed by atoms with Gasteiger partial charge in [-0.1, -0.05) is 6.92 Å². The quantitative estimate of drug-likeness (QED) is 0.742. The number of pyridine rings is 1. The summed E-state index contributed by atoms with van der Waals surface area (Å²) in [5, 5.41) is 0. The third-order valence-electron chi connectivity index (χ3n) is 3.57. The normalized spacial score (nSPS) is 11.9. The van der Waals surface area contributed by atoms with Gasteiger partial charge in [0.2, 0.25) is 10.0 Å². The molecule has 1 aromatic carbocycles. The Kier molecular flexibility index (Phi) is 4.59. The van der Waals surface area contributed by atoms with Gasteiger partial charge in [-0.25, -0.2) is 27.5 Å². The van der Waals surface area contributed by atoms with Crippen molar-refractivity contribution in [2.75, 3.05) is 0 Å². The maximum Gasteiger partial charge on any atom is 0.240 e. The molecule has 2 heterocycles. The second-order valence-electron chi connectivity index (χ2n) is 5.30. The minimum atomic E-state index is -3.73. The molecule has 2 aromatic heterocycles. The van der Waals surface area contributed by atoms with Crippen LogP contribution in [0, 0.1) is 5.82 Å². The fraction of sp³-hybridized carbons (Fsp3) is 0.250. The van der Waals surface area contributed by atoms with Crippen LogP contribution in [0.3, 0.4) is 0 Å². The van der Waals surface area contributed by atoms with Crippen LogP contribution in [-0.2, 0) is 23.1 Å². The first kappa shape index (κ1) is 16.5. The molecule has 126 valence electrons. The third kappa shape index (κ3) is 3.29. The summed E-state index contributed by atoms with van der Waals surface area (Å²) >= 11 is 0. The van der Waals surface area contributed by atoms with Gasteiger partial charge in [-0.05, 0) is 42.8 Å². The van der Waals surface area contributed by atoms with Crippen LogP contribution in [-0.4, -0.2) is 23.0 Å². The standard InChI is InChI=1S/C16H17FN4O2S/c1-2-10-21-15(20-14-4-3-9-18-16(14)21)11-19-24(22,23)13-7-5-12(17)6-8-13/h3-9,19H,2,10-11H2,1H3. The number of hydrogen-bond donors (Lipinski definition) is 1. The molecule has 0 atom stereocenters. The second kappa shape index (κ2) is 6.66. The molecule has 24 heavy (non-hydrogen) atoms. The maximum atomic E-state index is 12.9. The van der Waals surface area contributed by atoms with Gasteiger partial charge >= 0.3 is 0 Å². The molecule has 0 bridgehead atoms. The largest absolute Gasteiger partial charge is 0.312 e. The zero-order chi connectivity index (χ0) is 17.2. The average Bonchev–Trinajstić information content (AvgIpc) is 2.92. The van der Waals surface area contributed by atoms with Crippen LogP contribution in [0.2, 0.25) is 0 Å². The molecule has 0 saturated heterocycles. The summed E-state index contributed by atoms with van der Waals surface area (Å²) in [6.07, 6.45) is 2.56. The lowest BCUT2D eigenvalue weighted by Crippen LogP contribution is -2.25. The van der Waals surface area contributed by atoms with Crippen molar-refractivity contribution in [2.24, 2.45) is 0 Å². The highest BCUT2D eigenvalue weighted by molar-refractivity contribution is 7.89. The van der Waals surface area contributed by atoms with Gasteiger partial charge in [0, 0.05) is 12.7 Å². The van der Waals surface area contributed by atoms with Crippen molar-refractivity contribution in [3.8, 4) is 0 Å². The third-order valence-corrected chi connectivity index (χ3v) is 4.99. The van der Waals surface area contributed by atoms with Crippen molar-refractivity contribution in [3.63, 3.8) is 0 Å². The van der Waals surface area contributed by atoms with Gasteiger partial charge < -0.3 is 4.57 Å². The van der Waals surface area contributed by atoms with Crippen molar-refractivity contribution in [1.82, 2.24) is 19.3 Å². The number of halogens is 1. The average molecular weight is 348 g/mol. The van der Waals surface area contributed by atoms with Gasteiger partial charge in [-0.3, -0.25) is 0 Å². The Labute approximate surface area is 139 Å². The molecule has 0 amide bonds. The summed E-state index contributed by atoms with van der Waals surface area (Å²) in [7, 11) is -3.73. The summed E-state index contributed by atoms with van der Waals surface area (Å²) in [5.41, 5.74) is 1.46. The van der Waals surface area contributed by atoms with E-state index in [2.05, 4.69) is 14.7 Å². The minimum absolute atomic E-state index is 0.0141. The Bertz CT molecular complexity index is 952. The first-order valence-corrected chi connectivity index (χ1v) is 9.05. The second-order valence-corrected chi connectivity index (χ2v) is 7.07. The van der Waals surface area contributed by atoms with E-state index in [9.17, 15) is 12.8 Å². The fourth-order valence-corrected chi connectivity index (χ4v) is 3.44. The Balaban J connectivity index is 1.87. The number of sulfonamides is 1. The first-order valence-electron chi connectivity index (χ1n) is 7.56. The van der Waals surface area contributed by atoms with E-state index >= 15 is 0 Å². The number of aryl methyl sites for hydroxylation is 1. The van der Waals surface area contributed by atoms with E-state index in [0.717, 1.165) is 29.7 Å². The summed E-state index contributed by atoms with van der Waals surface area (Å²) in [4.78, 5) is 8.78. The summed E-state index contributed by atoms with van der Waals surface area (Å²) < 4.78 is 42.0. The Morgan fingerprint density at radius 3 is 2.67 bits per heavy atom. The van der Waals surface area contributed by atoms with Gasteiger partial charge in [-0.15, -0.1) is 0 Å². The molecule has 0 saturated carbocycles. The molecule has 0 spiro atoms. The van der Waals surface area contributed by atoms with E-state index in [-0.39, 0.29) is 11.4 Å². The van der Waals surface area contributed by atoms with Crippen molar-refractivity contribution in [3.05, 3.63) is 54.2 Å². The smallest absolute Gasteiger partial charge is 0.240 e. The lowest BCUT2D eigenvalue weighted by molar-refractivity contribution is 0.572. The van der Waals surface area contributed by atoms with Crippen LogP contribution in [0.5, 0.6) is 0 Å². The van der Waals surface area contributed by atoms with Gasteiger partial charge in [-0.2, -0.15) is 0 Å². The van der Waals surface area contributed by atoms with Gasteiger partial charge in [0.05, 0.1) is 11.4 Å². The lowest BCUT2D eigenvalue weighted by atomic mass is 10.4. The summed E-state index contributed by atoms with van der Waals surface area (Å²) in [5.74, 6) is 0.112. The van der Waals surface area contributed by atoms with Crippen LogP contribution < -0.4 is 4.72 Å².